The summed E-state index contributed by atoms with van der Waals surface area (Å²) in [6.45, 7) is -0.0890. The van der Waals surface area contributed by atoms with Gasteiger partial charge in [0.1, 0.15) is 5.82 Å². The van der Waals surface area contributed by atoms with Crippen LogP contribution in [0.1, 0.15) is 10.4 Å². The Kier molecular flexibility index (Phi) is 5.93. The van der Waals surface area contributed by atoms with Gasteiger partial charge in [0.2, 0.25) is 5.91 Å². The molecule has 0 atom stereocenters. The van der Waals surface area contributed by atoms with Crippen LogP contribution >= 0.6 is 0 Å². The third-order valence-corrected chi connectivity index (χ3v) is 4.91. The summed E-state index contributed by atoms with van der Waals surface area (Å²) in [6.07, 6.45) is 0. The van der Waals surface area contributed by atoms with Crippen molar-refractivity contribution in [2.75, 3.05) is 25.4 Å². The number of rotatable bonds is 6. The van der Waals surface area contributed by atoms with Gasteiger partial charge in [-0.1, -0.05) is 0 Å². The summed E-state index contributed by atoms with van der Waals surface area (Å²) in [5.41, 5.74) is 0.556. The Morgan fingerprint density at radius 3 is 2.15 bits per heavy atom. The summed E-state index contributed by atoms with van der Waals surface area (Å²) in [5.74, 6) is -1.21. The fourth-order valence-corrected chi connectivity index (χ4v) is 3.15. The molecular formula is C17H18FN3O4S. The molecular weight excluding hydrogens is 361 g/mol. The number of amides is 2. The number of halogens is 1. The molecule has 0 unspecified atom stereocenters. The van der Waals surface area contributed by atoms with E-state index >= 15 is 0 Å². The van der Waals surface area contributed by atoms with E-state index in [9.17, 15) is 22.4 Å². The molecule has 0 saturated carbocycles. The van der Waals surface area contributed by atoms with E-state index in [0.29, 0.717) is 5.56 Å². The van der Waals surface area contributed by atoms with Crippen LogP contribution in [0, 0.1) is 5.82 Å². The van der Waals surface area contributed by atoms with E-state index in [2.05, 4.69) is 10.0 Å². The van der Waals surface area contributed by atoms with Crippen LogP contribution in [0.15, 0.2) is 53.4 Å². The molecule has 26 heavy (non-hydrogen) atoms. The number of hydrogen-bond donors (Lipinski definition) is 2. The second-order valence-corrected chi connectivity index (χ2v) is 7.15. The molecule has 0 aromatic heterocycles. The van der Waals surface area contributed by atoms with Crippen molar-refractivity contribution in [3.63, 3.8) is 0 Å². The molecule has 2 rings (SSSR count). The van der Waals surface area contributed by atoms with Crippen molar-refractivity contribution >= 4 is 27.5 Å². The van der Waals surface area contributed by atoms with Gasteiger partial charge in [-0.2, -0.15) is 0 Å². The third-order valence-electron chi connectivity index (χ3n) is 3.51. The second kappa shape index (κ2) is 7.96. The molecule has 2 aromatic carbocycles. The van der Waals surface area contributed by atoms with Crippen LogP contribution in [0.4, 0.5) is 10.1 Å². The number of sulfonamides is 1. The van der Waals surface area contributed by atoms with Crippen molar-refractivity contribution in [3.05, 3.63) is 59.9 Å². The molecule has 0 radical (unpaired) electrons. The summed E-state index contributed by atoms with van der Waals surface area (Å²) >= 11 is 0. The minimum absolute atomic E-state index is 0.0793. The highest BCUT2D eigenvalue weighted by molar-refractivity contribution is 7.92. The monoisotopic (exact) mass is 379 g/mol. The summed E-state index contributed by atoms with van der Waals surface area (Å²) < 4.78 is 39.7. The highest BCUT2D eigenvalue weighted by atomic mass is 32.2. The number of nitrogens with zero attached hydrogens (tertiary/aromatic N) is 1. The molecule has 2 aromatic rings. The highest BCUT2D eigenvalue weighted by Gasteiger charge is 2.16. The van der Waals surface area contributed by atoms with Gasteiger partial charge in [0.15, 0.2) is 0 Å². The van der Waals surface area contributed by atoms with E-state index in [1.54, 1.807) is 0 Å². The second-order valence-electron chi connectivity index (χ2n) is 5.47. The normalized spacial score (nSPS) is 10.9. The Bertz CT molecular complexity index is 897. The lowest BCUT2D eigenvalue weighted by Gasteiger charge is -2.16. The molecule has 9 heteroatoms. The minimum Gasteiger partial charge on any atom is -0.358 e. The average molecular weight is 379 g/mol. The zero-order chi connectivity index (χ0) is 19.3. The zero-order valence-electron chi connectivity index (χ0n) is 14.2. The average Bonchev–Trinajstić information content (AvgIpc) is 2.61. The van der Waals surface area contributed by atoms with Gasteiger partial charge < -0.3 is 10.2 Å². The predicted octanol–water partition coefficient (Wildman–Crippen LogP) is 1.44. The molecule has 7 nitrogen and oxygen atoms in total. The maximum atomic E-state index is 12.9. The van der Waals surface area contributed by atoms with Crippen LogP contribution < -0.4 is 10.0 Å². The number of nitrogens with one attached hydrogen (secondary N) is 2. The lowest BCUT2D eigenvalue weighted by Crippen LogP contribution is -2.36. The Hall–Kier alpha value is -2.94. The maximum absolute atomic E-state index is 12.9. The number of carbonyl (C=O) groups is 2. The van der Waals surface area contributed by atoms with Gasteiger partial charge in [-0.3, -0.25) is 14.3 Å². The van der Waals surface area contributed by atoms with Gasteiger partial charge in [-0.25, -0.2) is 12.8 Å². The molecule has 0 spiro atoms. The van der Waals surface area contributed by atoms with E-state index in [1.165, 1.54) is 43.3 Å². The molecule has 0 bridgehead atoms. The van der Waals surface area contributed by atoms with Crippen molar-refractivity contribution in [2.45, 2.75) is 4.90 Å². The van der Waals surface area contributed by atoms with Gasteiger partial charge in [0, 0.05) is 25.3 Å². The van der Waals surface area contributed by atoms with E-state index in [0.717, 1.165) is 24.3 Å². The lowest BCUT2D eigenvalue weighted by atomic mass is 10.2. The van der Waals surface area contributed by atoms with Gasteiger partial charge in [-0.05, 0) is 48.5 Å². The zero-order valence-corrected chi connectivity index (χ0v) is 15.0. The molecule has 0 fully saturated rings. The van der Waals surface area contributed by atoms with Gasteiger partial charge in [-0.15, -0.1) is 0 Å². The van der Waals surface area contributed by atoms with E-state index in [4.69, 9.17) is 0 Å². The number of anilines is 1. The Balaban J connectivity index is 2.10. The number of hydrogen-bond acceptors (Lipinski definition) is 4. The molecule has 0 saturated heterocycles. The number of likely N-dealkylation sites (N-methyl/N-ethyl adjacent to an activating group) is 2. The topological polar surface area (TPSA) is 95.6 Å². The smallest absolute Gasteiger partial charge is 0.261 e. The van der Waals surface area contributed by atoms with Crippen LogP contribution in [0.3, 0.4) is 0 Å². The van der Waals surface area contributed by atoms with Crippen molar-refractivity contribution in [1.29, 1.82) is 0 Å². The van der Waals surface area contributed by atoms with E-state index in [1.807, 2.05) is 0 Å². The standard InChI is InChI=1S/C17H18FN3O4S/c1-19-16(22)11-21(2)17(23)12-3-7-14(8-4-12)20-26(24,25)15-9-5-13(18)6-10-15/h3-10,20H,11H2,1-2H3,(H,19,22). The Morgan fingerprint density at radius 2 is 1.62 bits per heavy atom. The van der Waals surface area contributed by atoms with Crippen molar-refractivity contribution in [1.82, 2.24) is 10.2 Å². The van der Waals surface area contributed by atoms with Gasteiger partial charge >= 0.3 is 0 Å². The van der Waals surface area contributed by atoms with Crippen LogP contribution in [-0.2, 0) is 14.8 Å². The largest absolute Gasteiger partial charge is 0.358 e. The first-order valence-electron chi connectivity index (χ1n) is 7.57. The third kappa shape index (κ3) is 4.79. The fourth-order valence-electron chi connectivity index (χ4n) is 2.10. The van der Waals surface area contributed by atoms with Crippen LogP contribution in [0.5, 0.6) is 0 Å². The molecule has 2 amide bonds. The van der Waals surface area contributed by atoms with E-state index < -0.39 is 15.8 Å². The van der Waals surface area contributed by atoms with Crippen molar-refractivity contribution in [3.8, 4) is 0 Å². The quantitative estimate of drug-likeness (QED) is 0.794. The van der Waals surface area contributed by atoms with Crippen LogP contribution in [-0.4, -0.2) is 45.8 Å². The van der Waals surface area contributed by atoms with Crippen LogP contribution in [0.25, 0.3) is 0 Å². The summed E-state index contributed by atoms with van der Waals surface area (Å²) in [5, 5.41) is 2.42. The first kappa shape index (κ1) is 19.4. The molecule has 0 heterocycles. The summed E-state index contributed by atoms with van der Waals surface area (Å²) in [6, 6.07) is 10.2. The lowest BCUT2D eigenvalue weighted by molar-refractivity contribution is -0.121. The molecule has 2 N–H and O–H groups in total. The molecule has 0 aliphatic heterocycles. The Morgan fingerprint density at radius 1 is 1.04 bits per heavy atom. The first-order valence-corrected chi connectivity index (χ1v) is 9.06. The summed E-state index contributed by atoms with van der Waals surface area (Å²) in [4.78, 5) is 24.7. The minimum atomic E-state index is -3.86. The van der Waals surface area contributed by atoms with Crippen molar-refractivity contribution < 1.29 is 22.4 Å². The van der Waals surface area contributed by atoms with Crippen LogP contribution in [0.2, 0.25) is 0 Å². The van der Waals surface area contributed by atoms with Crippen molar-refractivity contribution in [2.24, 2.45) is 0 Å². The van der Waals surface area contributed by atoms with Gasteiger partial charge in [0.25, 0.3) is 15.9 Å². The van der Waals surface area contributed by atoms with Gasteiger partial charge in [0.05, 0.1) is 11.4 Å². The highest BCUT2D eigenvalue weighted by Crippen LogP contribution is 2.17. The fraction of sp³-hybridized carbons (Fsp3) is 0.176. The number of benzene rings is 2. The Labute approximate surface area is 150 Å². The molecule has 138 valence electrons. The number of carbonyl (C=O) groups excluding carboxylic acids is 2. The van der Waals surface area contributed by atoms with E-state index in [-0.39, 0.29) is 28.9 Å². The molecule has 0 aliphatic rings. The molecule has 0 aliphatic carbocycles. The maximum Gasteiger partial charge on any atom is 0.261 e. The SMILES string of the molecule is CNC(=O)CN(C)C(=O)c1ccc(NS(=O)(=O)c2ccc(F)cc2)cc1. The predicted molar refractivity (Wildman–Crippen MR) is 94.7 cm³/mol. The first-order chi connectivity index (χ1) is 12.2. The summed E-state index contributed by atoms with van der Waals surface area (Å²) in [7, 11) is -0.900.